The largest absolute Gasteiger partial charge is 0.508 e. The van der Waals surface area contributed by atoms with Crippen LogP contribution in [0.15, 0.2) is 76.9 Å². The normalized spacial score (nSPS) is 22.8. The highest BCUT2D eigenvalue weighted by Crippen LogP contribution is 2.40. The minimum atomic E-state index is -1.38. The number of halogens is 2. The summed E-state index contributed by atoms with van der Waals surface area (Å²) in [5, 5.41) is 35.0. The van der Waals surface area contributed by atoms with Crippen LogP contribution >= 0.6 is 11.3 Å². The average molecular weight is 1170 g/mol. The topological polar surface area (TPSA) is 202 Å². The lowest BCUT2D eigenvalue weighted by Gasteiger charge is -2.44. The van der Waals surface area contributed by atoms with Gasteiger partial charge >= 0.3 is 6.01 Å². The Hall–Kier alpha value is -6.91. The number of thiazole rings is 1. The van der Waals surface area contributed by atoms with Crippen LogP contribution in [0, 0.1) is 18.7 Å². The molecule has 7 aromatic rings. The monoisotopic (exact) mass is 1170 g/mol. The van der Waals surface area contributed by atoms with Crippen LogP contribution in [0.3, 0.4) is 0 Å². The molecular formula is C63H76F2N12O6S. The van der Waals surface area contributed by atoms with Crippen molar-refractivity contribution in [2.45, 2.75) is 128 Å². The summed E-state index contributed by atoms with van der Waals surface area (Å²) in [6.45, 7) is 17.3. The van der Waals surface area contributed by atoms with Crippen LogP contribution in [0.2, 0.25) is 0 Å². The first kappa shape index (κ1) is 57.5. The predicted molar refractivity (Wildman–Crippen MR) is 321 cm³/mol. The third kappa shape index (κ3) is 11.7. The third-order valence-electron chi connectivity index (χ3n) is 18.1. The second kappa shape index (κ2) is 23.9. The average Bonchev–Trinajstić information content (AvgIpc) is 1.55. The Balaban J connectivity index is 0.652. The number of aliphatic hydroxyl groups is 1. The molecule has 444 valence electrons. The van der Waals surface area contributed by atoms with E-state index < -0.39 is 29.5 Å². The summed E-state index contributed by atoms with van der Waals surface area (Å²) < 4.78 is 46.2. The number of ether oxygens (including phenoxy) is 1. The van der Waals surface area contributed by atoms with E-state index in [0.29, 0.717) is 119 Å². The number of hydrogen-bond acceptors (Lipinski definition) is 17. The Morgan fingerprint density at radius 2 is 1.74 bits per heavy atom. The number of aliphatic hydroxyl groups excluding tert-OH is 1. The summed E-state index contributed by atoms with van der Waals surface area (Å²) >= 11 is 1.58. The Morgan fingerprint density at radius 1 is 0.964 bits per heavy atom. The highest BCUT2D eigenvalue weighted by molar-refractivity contribution is 7.13. The first-order valence-corrected chi connectivity index (χ1v) is 30.8. The van der Waals surface area contributed by atoms with Crippen molar-refractivity contribution in [3.8, 4) is 33.5 Å². The van der Waals surface area contributed by atoms with Crippen molar-refractivity contribution in [1.82, 2.24) is 50.4 Å². The number of nitrogens with zero attached hydrogens (tertiary/aromatic N) is 10. The summed E-state index contributed by atoms with van der Waals surface area (Å²) in [4.78, 5) is 58.4. The van der Waals surface area contributed by atoms with Gasteiger partial charge in [0.05, 0.1) is 33.6 Å². The fourth-order valence-electron chi connectivity index (χ4n) is 13.7. The van der Waals surface area contributed by atoms with Gasteiger partial charge in [-0.2, -0.15) is 9.97 Å². The number of piperidine rings is 1. The number of aryl methyl sites for hydroxylation is 2. The Morgan fingerprint density at radius 3 is 2.45 bits per heavy atom. The maximum atomic E-state index is 17.2. The van der Waals surface area contributed by atoms with Crippen LogP contribution in [0.1, 0.15) is 101 Å². The highest BCUT2D eigenvalue weighted by atomic mass is 32.1. The number of phenolic OH excluding ortho intramolecular Hbond substituents is 1. The fraction of sp³-hybridized carbons (Fsp3) is 0.508. The molecule has 5 aliphatic rings. The molecule has 21 heteroatoms. The number of benzene rings is 3. The number of alkyl halides is 1. The first-order chi connectivity index (χ1) is 40.5. The van der Waals surface area contributed by atoms with E-state index in [1.54, 1.807) is 29.7 Å². The van der Waals surface area contributed by atoms with E-state index in [4.69, 9.17) is 24.2 Å². The molecule has 0 spiro atoms. The van der Waals surface area contributed by atoms with Gasteiger partial charge < -0.3 is 44.8 Å². The highest BCUT2D eigenvalue weighted by Gasteiger charge is 2.45. The van der Waals surface area contributed by atoms with Gasteiger partial charge in [0.2, 0.25) is 11.8 Å². The molecule has 5 saturated heterocycles. The SMILES string of the molecule is CCc1cccc2cc(O)cc(-c3ncc4c(N5CC6CCC(C5)N6)nc(OCCN5CCC(F)(CN6CCN(c7cc(C(C(=O)N8C[C@H](O)C[C@H]8C(=O)NC(C)c8ccc(-c9scnc9C)cc8)C(C)C)on7)[C@@H](C)C6)CC5)nc4c3F)c12. The zero-order valence-electron chi connectivity index (χ0n) is 48.7. The van der Waals surface area contributed by atoms with E-state index in [-0.39, 0.29) is 72.4 Å². The lowest BCUT2D eigenvalue weighted by molar-refractivity contribution is -0.141. The summed E-state index contributed by atoms with van der Waals surface area (Å²) in [6, 6.07) is 18.4. The smallest absolute Gasteiger partial charge is 0.319 e. The van der Waals surface area contributed by atoms with Crippen molar-refractivity contribution in [3.05, 3.63) is 101 Å². The summed E-state index contributed by atoms with van der Waals surface area (Å²) in [5.41, 5.74) is 5.11. The molecule has 2 amide bonds. The molecule has 2 bridgehead atoms. The Kier molecular flexibility index (Phi) is 16.3. The second-order valence-electron chi connectivity index (χ2n) is 24.4. The van der Waals surface area contributed by atoms with E-state index >= 15 is 8.78 Å². The number of pyridine rings is 1. The Labute approximate surface area is 492 Å². The summed E-state index contributed by atoms with van der Waals surface area (Å²) in [6.07, 6.45) is 4.49. The van der Waals surface area contributed by atoms with E-state index in [9.17, 15) is 19.8 Å². The quantitative estimate of drug-likeness (QED) is 0.0675. The molecule has 0 radical (unpaired) electrons. The summed E-state index contributed by atoms with van der Waals surface area (Å²) in [5.74, 6) is -0.581. The van der Waals surface area contributed by atoms with Gasteiger partial charge in [-0.3, -0.25) is 24.4 Å². The number of carbonyl (C=O) groups excluding carboxylic acids is 2. The lowest BCUT2D eigenvalue weighted by Crippen LogP contribution is -2.56. The van der Waals surface area contributed by atoms with Crippen LogP contribution in [0.25, 0.3) is 43.4 Å². The maximum absolute atomic E-state index is 17.2. The van der Waals surface area contributed by atoms with Crippen LogP contribution in [-0.4, -0.2) is 170 Å². The van der Waals surface area contributed by atoms with E-state index in [1.165, 1.54) is 4.90 Å². The van der Waals surface area contributed by atoms with Gasteiger partial charge in [-0.05, 0) is 98.4 Å². The molecule has 18 nitrogen and oxygen atoms in total. The molecule has 4 unspecified atom stereocenters. The van der Waals surface area contributed by atoms with E-state index in [0.717, 1.165) is 50.9 Å². The number of carbonyl (C=O) groups is 2. The number of rotatable bonds is 17. The number of piperazine rings is 2. The number of amides is 2. The van der Waals surface area contributed by atoms with Gasteiger partial charge in [-0.15, -0.1) is 11.3 Å². The third-order valence-corrected chi connectivity index (χ3v) is 19.1. The Bertz CT molecular complexity index is 3530. The second-order valence-corrected chi connectivity index (χ2v) is 25.2. The molecular weight excluding hydrogens is 1090 g/mol. The molecule has 12 rings (SSSR count). The number of β-amino-alcohol motifs (C(OH)–C–C–N with tert-alkyl or cyclic N) is 1. The molecule has 5 aliphatic heterocycles. The van der Waals surface area contributed by atoms with Gasteiger partial charge in [-0.1, -0.05) is 68.4 Å². The van der Waals surface area contributed by atoms with Gasteiger partial charge in [0.1, 0.15) is 47.0 Å². The zero-order valence-corrected chi connectivity index (χ0v) is 49.5. The van der Waals surface area contributed by atoms with Crippen LogP contribution < -0.4 is 25.2 Å². The number of aromatic hydroxyl groups is 1. The number of aromatic nitrogens is 5. The van der Waals surface area contributed by atoms with E-state index in [1.807, 2.05) is 88.7 Å². The molecule has 0 saturated carbocycles. The van der Waals surface area contributed by atoms with Gasteiger partial charge in [-0.25, -0.2) is 13.8 Å². The van der Waals surface area contributed by atoms with Gasteiger partial charge in [0, 0.05) is 108 Å². The van der Waals surface area contributed by atoms with Crippen LogP contribution in [0.4, 0.5) is 20.4 Å². The number of anilines is 2. The number of phenols is 1. The molecule has 3 aromatic carbocycles. The molecule has 9 heterocycles. The van der Waals surface area contributed by atoms with Crippen LogP contribution in [0.5, 0.6) is 11.8 Å². The minimum absolute atomic E-state index is 0.0201. The van der Waals surface area contributed by atoms with Crippen molar-refractivity contribution in [2.24, 2.45) is 5.92 Å². The van der Waals surface area contributed by atoms with Crippen LogP contribution in [-0.2, 0) is 16.0 Å². The van der Waals surface area contributed by atoms with Gasteiger partial charge in [0.15, 0.2) is 17.4 Å². The van der Waals surface area contributed by atoms with Gasteiger partial charge in [0.25, 0.3) is 0 Å². The molecule has 5 fully saturated rings. The molecule has 0 aliphatic carbocycles. The first-order valence-electron chi connectivity index (χ1n) is 29.9. The molecule has 4 aromatic heterocycles. The van der Waals surface area contributed by atoms with Crippen molar-refractivity contribution in [3.63, 3.8) is 0 Å². The number of fused-ring (bicyclic) bond motifs is 4. The van der Waals surface area contributed by atoms with E-state index in [2.05, 4.69) is 47.3 Å². The fourth-order valence-corrected chi connectivity index (χ4v) is 14.5. The maximum Gasteiger partial charge on any atom is 0.319 e. The van der Waals surface area contributed by atoms with Crippen molar-refractivity contribution >= 4 is 56.5 Å². The zero-order chi connectivity index (χ0) is 58.6. The molecule has 7 atom stereocenters. The predicted octanol–water partition coefficient (Wildman–Crippen LogP) is 8.59. The minimum Gasteiger partial charge on any atom is -0.508 e. The lowest BCUT2D eigenvalue weighted by atomic mass is 9.91. The van der Waals surface area contributed by atoms with Crippen molar-refractivity contribution in [2.75, 3.05) is 81.9 Å². The van der Waals surface area contributed by atoms with Crippen molar-refractivity contribution in [1.29, 1.82) is 0 Å². The number of nitrogens with one attached hydrogen (secondary N) is 2. The standard InChI is InChI=1S/C63H76F2N12O6S/c1-7-40-9-8-10-43-25-46(78)26-48(54(40)43)56-55(64)57-49(29-66-56)59(75-31-44-15-16-45(32-75)69-44)71-62(70-57)82-24-23-73-19-17-63(65,18-20-73)34-74-21-22-76(37(4)30-74)52-28-51(83-72-52)53(36(2)3)61(81)77-33-47(79)27-50(77)60(80)68-38(5)41-11-13-42(14-12-41)58-39(6)67-35-84-58/h8-14,25-26,28-29,35-38,44-45,47,50,53,69,78-79H,7,15-24,27,30-34H2,1-6H3,(H,68,80)/t37-,38?,44?,45?,47+,50-,53?/m0/s1. The number of likely N-dealkylation sites (tertiary alicyclic amines) is 2. The molecule has 84 heavy (non-hydrogen) atoms. The van der Waals surface area contributed by atoms with Crippen molar-refractivity contribution < 1.29 is 37.8 Å². The molecule has 4 N–H and O–H groups in total. The summed E-state index contributed by atoms with van der Waals surface area (Å²) in [7, 11) is 0. The number of hydrogen-bond donors (Lipinski definition) is 4.